The molecule has 0 amide bonds. The first kappa shape index (κ1) is 27.5. The van der Waals surface area contributed by atoms with Gasteiger partial charge in [0.15, 0.2) is 0 Å². The van der Waals surface area contributed by atoms with Crippen LogP contribution in [0.15, 0.2) is 167 Å². The van der Waals surface area contributed by atoms with Gasteiger partial charge in [-0.05, 0) is 112 Å². The summed E-state index contributed by atoms with van der Waals surface area (Å²) in [5.41, 5.74) is 9.84. The monoisotopic (exact) mass is 712 g/mol. The fourth-order valence-electron chi connectivity index (χ4n) is 7.42. The number of hydrogen-bond acceptors (Lipinski definition) is 0. The van der Waals surface area contributed by atoms with Crippen LogP contribution in [-0.2, 0) is 0 Å². The van der Waals surface area contributed by atoms with Crippen LogP contribution in [0.4, 0.5) is 0 Å². The number of fused-ring (bicyclic) bond motifs is 2. The molecular formula is C44H26Br2. The fraction of sp³-hybridized carbons (Fsp3) is 0. The third-order valence-electron chi connectivity index (χ3n) is 9.33. The fourth-order valence-corrected chi connectivity index (χ4v) is 8.31. The van der Waals surface area contributed by atoms with Crippen molar-refractivity contribution < 1.29 is 0 Å². The second-order valence-corrected chi connectivity index (χ2v) is 13.6. The topological polar surface area (TPSA) is 0 Å². The molecule has 0 aliphatic rings. The van der Waals surface area contributed by atoms with Crippen molar-refractivity contribution in [1.29, 1.82) is 0 Å². The van der Waals surface area contributed by atoms with Gasteiger partial charge in [-0.2, -0.15) is 0 Å². The molecule has 0 nitrogen and oxygen atoms in total. The van der Waals surface area contributed by atoms with Crippen molar-refractivity contribution >= 4 is 74.9 Å². The van der Waals surface area contributed by atoms with Gasteiger partial charge >= 0.3 is 0 Å². The summed E-state index contributed by atoms with van der Waals surface area (Å²) < 4.78 is 2.20. The van der Waals surface area contributed by atoms with E-state index in [4.69, 9.17) is 0 Å². The molecule has 9 aromatic carbocycles. The Kier molecular flexibility index (Phi) is 6.55. The molecule has 0 radical (unpaired) electrons. The van der Waals surface area contributed by atoms with E-state index >= 15 is 0 Å². The van der Waals surface area contributed by atoms with Crippen LogP contribution in [0.5, 0.6) is 0 Å². The van der Waals surface area contributed by atoms with Gasteiger partial charge in [-0.25, -0.2) is 0 Å². The third kappa shape index (κ3) is 4.17. The molecule has 0 saturated carbocycles. The Bertz CT molecular complexity index is 2370. The predicted molar refractivity (Wildman–Crippen MR) is 205 cm³/mol. The Morgan fingerprint density at radius 3 is 0.957 bits per heavy atom. The van der Waals surface area contributed by atoms with Crippen LogP contribution >= 0.6 is 31.9 Å². The quantitative estimate of drug-likeness (QED) is 0.126. The Morgan fingerprint density at radius 1 is 0.283 bits per heavy atom. The van der Waals surface area contributed by atoms with Gasteiger partial charge in [-0.3, -0.25) is 0 Å². The zero-order valence-electron chi connectivity index (χ0n) is 24.8. The molecule has 0 aliphatic heterocycles. The minimum atomic E-state index is 1.10. The van der Waals surface area contributed by atoms with Gasteiger partial charge < -0.3 is 0 Å². The molecule has 0 aromatic heterocycles. The smallest absolute Gasteiger partial charge is 0.0254 e. The van der Waals surface area contributed by atoms with E-state index in [0.717, 1.165) is 8.95 Å². The molecule has 46 heavy (non-hydrogen) atoms. The Hall–Kier alpha value is -4.76. The van der Waals surface area contributed by atoms with Crippen molar-refractivity contribution in [1.82, 2.24) is 0 Å². The van der Waals surface area contributed by atoms with Crippen molar-refractivity contribution in [2.75, 3.05) is 0 Å². The van der Waals surface area contributed by atoms with Crippen LogP contribution < -0.4 is 0 Å². The summed E-state index contributed by atoms with van der Waals surface area (Å²) in [6.45, 7) is 0. The van der Waals surface area contributed by atoms with Crippen LogP contribution in [-0.4, -0.2) is 0 Å². The normalized spacial score (nSPS) is 11.7. The lowest BCUT2D eigenvalue weighted by Gasteiger charge is -2.24. The lowest BCUT2D eigenvalue weighted by molar-refractivity contribution is 1.61. The van der Waals surface area contributed by atoms with E-state index in [1.165, 1.54) is 87.6 Å². The largest absolute Gasteiger partial charge is 0.0622 e. The van der Waals surface area contributed by atoms with E-state index in [1.807, 2.05) is 0 Å². The van der Waals surface area contributed by atoms with Crippen molar-refractivity contribution in [3.05, 3.63) is 167 Å². The van der Waals surface area contributed by atoms with Crippen LogP contribution in [0.2, 0.25) is 0 Å². The van der Waals surface area contributed by atoms with Gasteiger partial charge in [0.25, 0.3) is 0 Å². The number of halogens is 2. The standard InChI is InChI=1S/C44H26Br2/c45-37-23-22-32-41-35(37)25-33(27-13-5-1-6-14-27)39(29-17-9-3-10-18-29)43(41)31-21-24-38(46)36-26-34(28-15-7-2-8-16-28)40(44(32)42(31)36)30-19-11-4-12-20-30/h1-26H. The molecule has 0 spiro atoms. The summed E-state index contributed by atoms with van der Waals surface area (Å²) in [6.07, 6.45) is 0. The van der Waals surface area contributed by atoms with Crippen LogP contribution in [0.3, 0.4) is 0 Å². The van der Waals surface area contributed by atoms with Crippen molar-refractivity contribution in [2.45, 2.75) is 0 Å². The third-order valence-corrected chi connectivity index (χ3v) is 10.7. The highest BCUT2D eigenvalue weighted by atomic mass is 79.9. The Labute approximate surface area is 284 Å². The van der Waals surface area contributed by atoms with Gasteiger partial charge in [-0.15, -0.1) is 0 Å². The lowest BCUT2D eigenvalue weighted by Crippen LogP contribution is -1.97. The SMILES string of the molecule is Brc1ccc2c3c(-c4ccccc4)c(-c4ccccc4)cc4c(Br)ccc(c5c(-c6ccccc6)c(-c6ccccc6)cc1c25)c43. The maximum absolute atomic E-state index is 4.00. The molecule has 9 rings (SSSR count). The maximum atomic E-state index is 4.00. The minimum absolute atomic E-state index is 1.10. The molecule has 2 heteroatoms. The highest BCUT2D eigenvalue weighted by Crippen LogP contribution is 2.53. The molecule has 0 aliphatic carbocycles. The molecule has 0 atom stereocenters. The summed E-state index contributed by atoms with van der Waals surface area (Å²) in [5, 5.41) is 10.1. The van der Waals surface area contributed by atoms with E-state index in [9.17, 15) is 0 Å². The van der Waals surface area contributed by atoms with Gasteiger partial charge in [0.05, 0.1) is 0 Å². The second kappa shape index (κ2) is 10.9. The number of rotatable bonds is 4. The molecular weight excluding hydrogens is 688 g/mol. The van der Waals surface area contributed by atoms with Crippen LogP contribution in [0, 0.1) is 0 Å². The maximum Gasteiger partial charge on any atom is 0.0254 e. The number of hydrogen-bond donors (Lipinski definition) is 0. The number of benzene rings is 9. The minimum Gasteiger partial charge on any atom is -0.0622 e. The first-order valence-corrected chi connectivity index (χ1v) is 17.1. The van der Waals surface area contributed by atoms with E-state index < -0.39 is 0 Å². The average molecular weight is 715 g/mol. The van der Waals surface area contributed by atoms with Crippen molar-refractivity contribution in [3.8, 4) is 44.5 Å². The van der Waals surface area contributed by atoms with E-state index in [1.54, 1.807) is 0 Å². The first-order chi connectivity index (χ1) is 22.7. The van der Waals surface area contributed by atoms with Gasteiger partial charge in [0.2, 0.25) is 0 Å². The molecule has 0 saturated heterocycles. The van der Waals surface area contributed by atoms with Crippen LogP contribution in [0.1, 0.15) is 0 Å². The van der Waals surface area contributed by atoms with Crippen LogP contribution in [0.25, 0.3) is 87.6 Å². The molecule has 0 fully saturated rings. The summed E-state index contributed by atoms with van der Waals surface area (Å²) in [4.78, 5) is 0. The summed E-state index contributed by atoms with van der Waals surface area (Å²) in [6, 6.07) is 57.4. The lowest BCUT2D eigenvalue weighted by atomic mass is 9.79. The summed E-state index contributed by atoms with van der Waals surface area (Å²) in [5.74, 6) is 0. The zero-order chi connectivity index (χ0) is 30.8. The predicted octanol–water partition coefficient (Wildman–Crippen LogP) is 13.9. The van der Waals surface area contributed by atoms with Gasteiger partial charge in [0.1, 0.15) is 0 Å². The molecule has 0 unspecified atom stereocenters. The Morgan fingerprint density at radius 2 is 0.609 bits per heavy atom. The van der Waals surface area contributed by atoms with E-state index in [-0.39, 0.29) is 0 Å². The van der Waals surface area contributed by atoms with E-state index in [0.29, 0.717) is 0 Å². The first-order valence-electron chi connectivity index (χ1n) is 15.5. The summed E-state index contributed by atoms with van der Waals surface area (Å²) >= 11 is 8.00. The molecule has 0 N–H and O–H groups in total. The second-order valence-electron chi connectivity index (χ2n) is 11.8. The highest BCUT2D eigenvalue weighted by molar-refractivity contribution is 9.11. The molecule has 0 heterocycles. The zero-order valence-corrected chi connectivity index (χ0v) is 27.9. The van der Waals surface area contributed by atoms with Gasteiger partial charge in [0, 0.05) is 8.95 Å². The molecule has 9 aromatic rings. The average Bonchev–Trinajstić information content (AvgIpc) is 3.12. The molecule has 0 bridgehead atoms. The summed E-state index contributed by atoms with van der Waals surface area (Å²) in [7, 11) is 0. The molecule has 216 valence electrons. The van der Waals surface area contributed by atoms with Gasteiger partial charge in [-0.1, -0.05) is 165 Å². The van der Waals surface area contributed by atoms with Crippen molar-refractivity contribution in [3.63, 3.8) is 0 Å². The highest BCUT2D eigenvalue weighted by Gasteiger charge is 2.25. The van der Waals surface area contributed by atoms with E-state index in [2.05, 4.69) is 190 Å². The Balaban J connectivity index is 1.61. The van der Waals surface area contributed by atoms with Crippen molar-refractivity contribution in [2.24, 2.45) is 0 Å².